The largest absolute Gasteiger partial charge is 0.292 e. The summed E-state index contributed by atoms with van der Waals surface area (Å²) in [6.07, 6.45) is 11.8. The average molecular weight is 605 g/mol. The maximum absolute atomic E-state index is 5.28. The third-order valence-electron chi connectivity index (χ3n) is 9.46. The molecular weight excluding hydrogens is 573 g/mol. The summed E-state index contributed by atoms with van der Waals surface area (Å²) in [5.74, 6) is 1.33. The Morgan fingerprint density at radius 1 is 0.617 bits per heavy atom. The number of hydrogen-bond donors (Lipinski definition) is 0. The van der Waals surface area contributed by atoms with Gasteiger partial charge in [-0.3, -0.25) is 9.56 Å². The molecular formula is C43H32N4. The van der Waals surface area contributed by atoms with Crippen LogP contribution in [0.1, 0.15) is 18.4 Å². The fourth-order valence-corrected chi connectivity index (χ4v) is 7.13. The monoisotopic (exact) mass is 604 g/mol. The zero-order valence-electron chi connectivity index (χ0n) is 25.9. The van der Waals surface area contributed by atoms with Gasteiger partial charge in [0.15, 0.2) is 0 Å². The third kappa shape index (κ3) is 4.90. The van der Waals surface area contributed by atoms with Crippen LogP contribution in [0.3, 0.4) is 0 Å². The van der Waals surface area contributed by atoms with Crippen molar-refractivity contribution in [1.29, 1.82) is 0 Å². The summed E-state index contributed by atoms with van der Waals surface area (Å²) < 4.78 is 2.25. The summed E-state index contributed by atoms with van der Waals surface area (Å²) in [5.41, 5.74) is 13.2. The van der Waals surface area contributed by atoms with Crippen LogP contribution >= 0.6 is 0 Å². The highest BCUT2D eigenvalue weighted by Crippen LogP contribution is 2.42. The highest BCUT2D eigenvalue weighted by molar-refractivity contribution is 6.06. The van der Waals surface area contributed by atoms with Crippen molar-refractivity contribution in [2.75, 3.05) is 0 Å². The number of fused-ring (bicyclic) bond motifs is 5. The first kappa shape index (κ1) is 27.4. The number of allylic oxidation sites excluding steroid dienone is 4. The minimum Gasteiger partial charge on any atom is -0.292 e. The highest BCUT2D eigenvalue weighted by Gasteiger charge is 2.27. The number of imidazole rings is 1. The van der Waals surface area contributed by atoms with Gasteiger partial charge in [-0.25, -0.2) is 9.97 Å². The molecule has 0 amide bonds. The molecule has 47 heavy (non-hydrogen) atoms. The molecule has 0 fully saturated rings. The predicted molar refractivity (Wildman–Crippen MR) is 194 cm³/mol. The van der Waals surface area contributed by atoms with Crippen LogP contribution in [-0.4, -0.2) is 20.2 Å². The first-order valence-corrected chi connectivity index (χ1v) is 16.4. The predicted octanol–water partition coefficient (Wildman–Crippen LogP) is 10.7. The first-order valence-electron chi connectivity index (χ1n) is 16.4. The van der Waals surface area contributed by atoms with Crippen molar-refractivity contribution in [2.24, 2.45) is 10.9 Å². The maximum Gasteiger partial charge on any atom is 0.145 e. The normalized spacial score (nSPS) is 15.6. The van der Waals surface area contributed by atoms with Crippen molar-refractivity contribution in [1.82, 2.24) is 14.5 Å². The maximum atomic E-state index is 5.28. The molecule has 1 atom stereocenters. The Morgan fingerprint density at radius 2 is 1.38 bits per heavy atom. The summed E-state index contributed by atoms with van der Waals surface area (Å²) >= 11 is 0. The molecule has 0 saturated carbocycles. The number of pyridine rings is 1. The van der Waals surface area contributed by atoms with E-state index in [1.807, 2.05) is 12.1 Å². The summed E-state index contributed by atoms with van der Waals surface area (Å²) in [6.45, 7) is 0. The first-order chi connectivity index (χ1) is 23.3. The van der Waals surface area contributed by atoms with Crippen molar-refractivity contribution >= 4 is 33.3 Å². The zero-order chi connectivity index (χ0) is 31.2. The Bertz CT molecular complexity index is 2380. The second-order valence-corrected chi connectivity index (χ2v) is 12.4. The minimum atomic E-state index is 0.396. The molecule has 0 N–H and O–H groups in total. The van der Waals surface area contributed by atoms with Crippen molar-refractivity contribution in [3.05, 3.63) is 157 Å². The van der Waals surface area contributed by atoms with Crippen molar-refractivity contribution in [2.45, 2.75) is 19.3 Å². The number of benzene rings is 5. The Morgan fingerprint density at radius 3 is 2.28 bits per heavy atom. The minimum absolute atomic E-state index is 0.396. The van der Waals surface area contributed by atoms with E-state index in [0.717, 1.165) is 86.3 Å². The van der Waals surface area contributed by atoms with E-state index >= 15 is 0 Å². The third-order valence-corrected chi connectivity index (χ3v) is 9.46. The number of nitrogens with zero attached hydrogens (tertiary/aromatic N) is 4. The van der Waals surface area contributed by atoms with Gasteiger partial charge in [-0.2, -0.15) is 0 Å². The standard InChI is InChI=1S/C43H32N4/c1-2-7-19-37-32(13-4-1)28-36-41(45-38-20-9-8-18-35(38)42(36)44-37)30-25-23-29(24-26-30)31-14-12-15-33(27-31)43-46-39-21-10-11-22-40(39)47(43)34-16-5-3-6-17-34/h1-3,5-12,14-27,32H,4,13,28H2/t32-/m0/s1. The highest BCUT2D eigenvalue weighted by atomic mass is 15.1. The average Bonchev–Trinajstić information content (AvgIpc) is 3.52. The second kappa shape index (κ2) is 11.5. The van der Waals surface area contributed by atoms with Crippen LogP contribution in [0.25, 0.3) is 61.4 Å². The van der Waals surface area contributed by atoms with E-state index in [1.165, 1.54) is 11.3 Å². The Hall–Kier alpha value is -5.87. The van der Waals surface area contributed by atoms with Crippen LogP contribution in [0.2, 0.25) is 0 Å². The molecule has 9 rings (SSSR count). The summed E-state index contributed by atoms with van der Waals surface area (Å²) in [6, 6.07) is 44.8. The van der Waals surface area contributed by atoms with E-state index in [2.05, 4.69) is 144 Å². The number of para-hydroxylation sites is 4. The number of aromatic nitrogens is 3. The Kier molecular flexibility index (Phi) is 6.71. The lowest BCUT2D eigenvalue weighted by atomic mass is 9.83. The van der Waals surface area contributed by atoms with Crippen molar-refractivity contribution < 1.29 is 0 Å². The SMILES string of the molecule is C1=CCC[C@H]2Cc3c(-c4ccc(-c5cccc(-c6nc7ccccc7n6-c6ccccc6)c5)cc4)nc4ccccc4c3N=C2C=C1. The van der Waals surface area contributed by atoms with E-state index in [4.69, 9.17) is 15.0 Å². The topological polar surface area (TPSA) is 43.1 Å². The summed E-state index contributed by atoms with van der Waals surface area (Å²) in [4.78, 5) is 15.6. The zero-order valence-corrected chi connectivity index (χ0v) is 25.9. The van der Waals surface area contributed by atoms with E-state index in [0.29, 0.717) is 5.92 Å². The molecule has 5 aromatic carbocycles. The molecule has 0 unspecified atom stereocenters. The van der Waals surface area contributed by atoms with Crippen LogP contribution in [-0.2, 0) is 6.42 Å². The van der Waals surface area contributed by atoms with Crippen molar-refractivity contribution in [3.8, 4) is 39.5 Å². The molecule has 1 aliphatic heterocycles. The molecule has 2 aliphatic rings. The van der Waals surface area contributed by atoms with E-state index in [-0.39, 0.29) is 0 Å². The van der Waals surface area contributed by atoms with Gasteiger partial charge in [-0.15, -0.1) is 0 Å². The lowest BCUT2D eigenvalue weighted by Crippen LogP contribution is -2.20. The van der Waals surface area contributed by atoms with Gasteiger partial charge < -0.3 is 0 Å². The molecule has 0 spiro atoms. The van der Waals surface area contributed by atoms with Gasteiger partial charge in [-0.05, 0) is 72.9 Å². The van der Waals surface area contributed by atoms with Gasteiger partial charge >= 0.3 is 0 Å². The van der Waals surface area contributed by atoms with Gasteiger partial charge in [0, 0.05) is 39.4 Å². The molecule has 0 radical (unpaired) electrons. The number of rotatable bonds is 4. The molecule has 0 bridgehead atoms. The van der Waals surface area contributed by atoms with Crippen molar-refractivity contribution in [3.63, 3.8) is 0 Å². The van der Waals surface area contributed by atoms with Gasteiger partial charge in [-0.1, -0.05) is 109 Å². The van der Waals surface area contributed by atoms with Gasteiger partial charge in [0.05, 0.1) is 27.9 Å². The van der Waals surface area contributed by atoms with Crippen LogP contribution in [0.5, 0.6) is 0 Å². The van der Waals surface area contributed by atoms with Gasteiger partial charge in [0.25, 0.3) is 0 Å². The Labute approximate surface area is 274 Å². The quantitative estimate of drug-likeness (QED) is 0.201. The second-order valence-electron chi connectivity index (χ2n) is 12.4. The summed E-state index contributed by atoms with van der Waals surface area (Å²) in [5, 5.41) is 1.12. The molecule has 1 aliphatic carbocycles. The van der Waals surface area contributed by atoms with E-state index in [9.17, 15) is 0 Å². The molecule has 4 heteroatoms. The van der Waals surface area contributed by atoms with E-state index in [1.54, 1.807) is 0 Å². The summed E-state index contributed by atoms with van der Waals surface area (Å²) in [7, 11) is 0. The smallest absolute Gasteiger partial charge is 0.145 e. The van der Waals surface area contributed by atoms with Crippen LogP contribution in [0, 0.1) is 5.92 Å². The lowest BCUT2D eigenvalue weighted by Gasteiger charge is -2.26. The number of aliphatic imine (C=N–C) groups is 1. The van der Waals surface area contributed by atoms with Crippen LogP contribution in [0.4, 0.5) is 5.69 Å². The molecule has 4 nitrogen and oxygen atoms in total. The molecule has 224 valence electrons. The fraction of sp³-hybridized carbons (Fsp3) is 0.0930. The molecule has 0 saturated heterocycles. The molecule has 2 aromatic heterocycles. The number of hydrogen-bond acceptors (Lipinski definition) is 3. The van der Waals surface area contributed by atoms with Gasteiger partial charge in [0.1, 0.15) is 5.82 Å². The van der Waals surface area contributed by atoms with E-state index < -0.39 is 0 Å². The fourth-order valence-electron chi connectivity index (χ4n) is 7.13. The molecule has 3 heterocycles. The molecule has 7 aromatic rings. The van der Waals surface area contributed by atoms with Crippen LogP contribution in [0.15, 0.2) is 157 Å². The lowest BCUT2D eigenvalue weighted by molar-refractivity contribution is 0.624. The Balaban J connectivity index is 1.12. The van der Waals surface area contributed by atoms with Gasteiger partial charge in [0.2, 0.25) is 0 Å². The van der Waals surface area contributed by atoms with Crippen LogP contribution < -0.4 is 0 Å².